The van der Waals surface area contributed by atoms with Crippen molar-refractivity contribution in [3.05, 3.63) is 35.9 Å². The lowest BCUT2D eigenvalue weighted by molar-refractivity contribution is 0.139. The van der Waals surface area contributed by atoms with Crippen LogP contribution in [0.4, 0.5) is 0 Å². The molecule has 78 valence electrons. The van der Waals surface area contributed by atoms with E-state index >= 15 is 0 Å². The topological polar surface area (TPSA) is 9.23 Å². The summed E-state index contributed by atoms with van der Waals surface area (Å²) in [7, 11) is 0. The molecule has 0 radical (unpaired) electrons. The molecule has 0 fully saturated rings. The van der Waals surface area contributed by atoms with Gasteiger partial charge in [-0.3, -0.25) is 0 Å². The highest BCUT2D eigenvalue weighted by Gasteiger charge is 2.07. The average Bonchev–Trinajstić information content (AvgIpc) is 2.26. The van der Waals surface area contributed by atoms with Crippen LogP contribution in [-0.2, 0) is 4.74 Å². The Morgan fingerprint density at radius 3 is 2.43 bits per heavy atom. The third kappa shape index (κ3) is 3.51. The van der Waals surface area contributed by atoms with E-state index in [0.717, 1.165) is 19.6 Å². The number of benzene rings is 1. The second kappa shape index (κ2) is 6.61. The van der Waals surface area contributed by atoms with Gasteiger partial charge in [-0.1, -0.05) is 37.3 Å². The van der Waals surface area contributed by atoms with E-state index in [1.807, 2.05) is 6.92 Å². The highest BCUT2D eigenvalue weighted by molar-refractivity contribution is 5.19. The lowest BCUT2D eigenvalue weighted by Crippen LogP contribution is -2.03. The fraction of sp³-hybridized carbons (Fsp3) is 0.538. The molecule has 0 N–H and O–H groups in total. The minimum Gasteiger partial charge on any atom is -0.382 e. The maximum absolute atomic E-state index is 5.39. The van der Waals surface area contributed by atoms with Crippen LogP contribution in [0.2, 0.25) is 0 Å². The highest BCUT2D eigenvalue weighted by atomic mass is 16.5. The monoisotopic (exact) mass is 192 g/mol. The van der Waals surface area contributed by atoms with E-state index in [1.54, 1.807) is 0 Å². The standard InChI is InChI=1S/C13H20O/c1-3-12(10-11-14-4-2)13-8-6-5-7-9-13/h5-9,12H,3-4,10-11H2,1-2H3. The van der Waals surface area contributed by atoms with Gasteiger partial charge in [0.25, 0.3) is 0 Å². The summed E-state index contributed by atoms with van der Waals surface area (Å²) in [4.78, 5) is 0. The molecule has 0 aliphatic carbocycles. The average molecular weight is 192 g/mol. The van der Waals surface area contributed by atoms with Crippen LogP contribution in [0.3, 0.4) is 0 Å². The van der Waals surface area contributed by atoms with Crippen molar-refractivity contribution in [1.82, 2.24) is 0 Å². The maximum Gasteiger partial charge on any atom is 0.0471 e. The molecule has 1 nitrogen and oxygen atoms in total. The van der Waals surface area contributed by atoms with Crippen LogP contribution in [0.1, 0.15) is 38.2 Å². The summed E-state index contributed by atoms with van der Waals surface area (Å²) in [5, 5.41) is 0. The molecule has 1 unspecified atom stereocenters. The van der Waals surface area contributed by atoms with Crippen LogP contribution in [0.5, 0.6) is 0 Å². The van der Waals surface area contributed by atoms with Gasteiger partial charge in [-0.05, 0) is 31.2 Å². The van der Waals surface area contributed by atoms with Crippen LogP contribution >= 0.6 is 0 Å². The van der Waals surface area contributed by atoms with Crippen molar-refractivity contribution >= 4 is 0 Å². The Morgan fingerprint density at radius 2 is 1.86 bits per heavy atom. The molecule has 0 aliphatic heterocycles. The van der Waals surface area contributed by atoms with E-state index in [-0.39, 0.29) is 0 Å². The Hall–Kier alpha value is -0.820. The maximum atomic E-state index is 5.39. The fourth-order valence-corrected chi connectivity index (χ4v) is 1.70. The van der Waals surface area contributed by atoms with Gasteiger partial charge in [0.15, 0.2) is 0 Å². The Bertz CT molecular complexity index is 230. The zero-order valence-corrected chi connectivity index (χ0v) is 9.20. The predicted octanol–water partition coefficient (Wildman–Crippen LogP) is 3.61. The van der Waals surface area contributed by atoms with Crippen molar-refractivity contribution in [3.63, 3.8) is 0 Å². The normalized spacial score (nSPS) is 12.7. The molecule has 0 saturated heterocycles. The first kappa shape index (κ1) is 11.3. The van der Waals surface area contributed by atoms with Crippen molar-refractivity contribution in [2.24, 2.45) is 0 Å². The van der Waals surface area contributed by atoms with Gasteiger partial charge < -0.3 is 4.74 Å². The minimum absolute atomic E-state index is 0.655. The first-order valence-electron chi connectivity index (χ1n) is 5.51. The number of hydrogen-bond donors (Lipinski definition) is 0. The van der Waals surface area contributed by atoms with Gasteiger partial charge in [0.05, 0.1) is 0 Å². The molecule has 0 amide bonds. The molecule has 1 heteroatoms. The van der Waals surface area contributed by atoms with Crippen LogP contribution in [0, 0.1) is 0 Å². The van der Waals surface area contributed by atoms with Crippen LogP contribution < -0.4 is 0 Å². The van der Waals surface area contributed by atoms with Crippen molar-refractivity contribution in [2.45, 2.75) is 32.6 Å². The second-order valence-corrected chi connectivity index (χ2v) is 3.50. The van der Waals surface area contributed by atoms with E-state index in [4.69, 9.17) is 4.74 Å². The number of hydrogen-bond acceptors (Lipinski definition) is 1. The van der Waals surface area contributed by atoms with Crippen molar-refractivity contribution in [1.29, 1.82) is 0 Å². The highest BCUT2D eigenvalue weighted by Crippen LogP contribution is 2.22. The van der Waals surface area contributed by atoms with Gasteiger partial charge >= 0.3 is 0 Å². The van der Waals surface area contributed by atoms with E-state index in [9.17, 15) is 0 Å². The van der Waals surface area contributed by atoms with Gasteiger partial charge in [0.1, 0.15) is 0 Å². The predicted molar refractivity (Wildman–Crippen MR) is 60.6 cm³/mol. The van der Waals surface area contributed by atoms with Crippen molar-refractivity contribution < 1.29 is 4.74 Å². The van der Waals surface area contributed by atoms with Gasteiger partial charge in [0, 0.05) is 13.2 Å². The Morgan fingerprint density at radius 1 is 1.14 bits per heavy atom. The van der Waals surface area contributed by atoms with E-state index in [0.29, 0.717) is 5.92 Å². The molecule has 1 aromatic carbocycles. The van der Waals surface area contributed by atoms with Crippen molar-refractivity contribution in [3.8, 4) is 0 Å². The molecule has 0 aliphatic rings. The SMILES string of the molecule is CCOCCC(CC)c1ccccc1. The lowest BCUT2D eigenvalue weighted by atomic mass is 9.94. The summed E-state index contributed by atoms with van der Waals surface area (Å²) in [6.45, 7) is 5.99. The third-order valence-electron chi connectivity index (χ3n) is 2.58. The van der Waals surface area contributed by atoms with Gasteiger partial charge in [-0.15, -0.1) is 0 Å². The summed E-state index contributed by atoms with van der Waals surface area (Å²) >= 11 is 0. The summed E-state index contributed by atoms with van der Waals surface area (Å²) in [6.07, 6.45) is 2.32. The molecule has 0 bridgehead atoms. The molecular formula is C13H20O. The van der Waals surface area contributed by atoms with Gasteiger partial charge in [-0.25, -0.2) is 0 Å². The first-order valence-corrected chi connectivity index (χ1v) is 5.51. The van der Waals surface area contributed by atoms with Crippen molar-refractivity contribution in [2.75, 3.05) is 13.2 Å². The first-order chi connectivity index (χ1) is 6.88. The summed E-state index contributed by atoms with van der Waals surface area (Å²) < 4.78 is 5.39. The molecule has 1 rings (SSSR count). The summed E-state index contributed by atoms with van der Waals surface area (Å²) in [6, 6.07) is 10.7. The Labute approximate surface area is 87.1 Å². The molecule has 1 atom stereocenters. The zero-order chi connectivity index (χ0) is 10.2. The van der Waals surface area contributed by atoms with Gasteiger partial charge in [0.2, 0.25) is 0 Å². The van der Waals surface area contributed by atoms with E-state index in [1.165, 1.54) is 12.0 Å². The number of rotatable bonds is 6. The van der Waals surface area contributed by atoms with Crippen LogP contribution in [0.25, 0.3) is 0 Å². The fourth-order valence-electron chi connectivity index (χ4n) is 1.70. The molecule has 0 saturated carbocycles. The minimum atomic E-state index is 0.655. The smallest absolute Gasteiger partial charge is 0.0471 e. The number of ether oxygens (including phenoxy) is 1. The zero-order valence-electron chi connectivity index (χ0n) is 9.20. The van der Waals surface area contributed by atoms with Gasteiger partial charge in [-0.2, -0.15) is 0 Å². The van der Waals surface area contributed by atoms with Crippen LogP contribution in [0.15, 0.2) is 30.3 Å². The third-order valence-corrected chi connectivity index (χ3v) is 2.58. The summed E-state index contributed by atoms with van der Waals surface area (Å²) in [5.41, 5.74) is 1.44. The Kier molecular flexibility index (Phi) is 5.31. The molecule has 14 heavy (non-hydrogen) atoms. The quantitative estimate of drug-likeness (QED) is 0.626. The largest absolute Gasteiger partial charge is 0.382 e. The molecule has 0 heterocycles. The molecule has 0 aromatic heterocycles. The van der Waals surface area contributed by atoms with E-state index < -0.39 is 0 Å². The molecular weight excluding hydrogens is 172 g/mol. The lowest BCUT2D eigenvalue weighted by Gasteiger charge is -2.14. The molecule has 0 spiro atoms. The van der Waals surface area contributed by atoms with Crippen LogP contribution in [-0.4, -0.2) is 13.2 Å². The Balaban J connectivity index is 2.46. The second-order valence-electron chi connectivity index (χ2n) is 3.50. The van der Waals surface area contributed by atoms with E-state index in [2.05, 4.69) is 37.3 Å². The summed E-state index contributed by atoms with van der Waals surface area (Å²) in [5.74, 6) is 0.655. The molecule has 1 aromatic rings.